The van der Waals surface area contributed by atoms with Crippen LogP contribution in [0.25, 0.3) is 0 Å². The summed E-state index contributed by atoms with van der Waals surface area (Å²) in [6.45, 7) is 2.24. The molecule has 0 bridgehead atoms. The van der Waals surface area contributed by atoms with Crippen LogP contribution in [0.3, 0.4) is 0 Å². The van der Waals surface area contributed by atoms with Gasteiger partial charge in [-0.15, -0.1) is 0 Å². The minimum absolute atomic E-state index is 0. The average molecular weight is 403 g/mol. The van der Waals surface area contributed by atoms with Crippen molar-refractivity contribution in [2.45, 2.75) is 96.8 Å². The summed E-state index contributed by atoms with van der Waals surface area (Å²) >= 11 is 0. The van der Waals surface area contributed by atoms with Crippen LogP contribution in [0.1, 0.15) is 96.8 Å². The Kier molecular flexibility index (Phi) is 20.5. The molecule has 0 aliphatic heterocycles. The molecule has 0 aromatic rings. The molecule has 150 valence electrons. The van der Waals surface area contributed by atoms with Crippen molar-refractivity contribution in [3.8, 4) is 0 Å². The Balaban J connectivity index is 0. The smallest absolute Gasteiger partial charge is 0.726 e. The second-order valence-corrected chi connectivity index (χ2v) is 7.78. The third kappa shape index (κ3) is 20.6. The standard InChI is InChI=1S/C12H26O4S.C6H10O2.Na/c1-2-3-4-5-6-7-8-9-10-11-12-16-17(13,14)15;7-6(8)5-3-1-2-4-5;/h2-12H2,1H3,(H,13,14,15);5H,1-4H2,(H,7,8);/q;;+1/p-1. The van der Waals surface area contributed by atoms with E-state index in [-0.39, 0.29) is 42.1 Å². The van der Waals surface area contributed by atoms with Crippen LogP contribution in [-0.2, 0) is 19.4 Å². The summed E-state index contributed by atoms with van der Waals surface area (Å²) < 4.78 is 34.5. The molecule has 8 heteroatoms. The van der Waals surface area contributed by atoms with Crippen LogP contribution in [0.2, 0.25) is 0 Å². The summed E-state index contributed by atoms with van der Waals surface area (Å²) in [6, 6.07) is 0. The molecule has 0 heterocycles. The van der Waals surface area contributed by atoms with Crippen LogP contribution in [0, 0.1) is 5.92 Å². The van der Waals surface area contributed by atoms with E-state index in [4.69, 9.17) is 5.11 Å². The number of carboxylic acids is 1. The number of carboxylic acid groups (broad SMARTS) is 1. The quantitative estimate of drug-likeness (QED) is 0.217. The van der Waals surface area contributed by atoms with Gasteiger partial charge in [-0.1, -0.05) is 77.6 Å². The first-order valence-electron chi connectivity index (χ1n) is 9.70. The number of rotatable bonds is 13. The molecule has 0 radical (unpaired) electrons. The predicted molar refractivity (Wildman–Crippen MR) is 97.1 cm³/mol. The van der Waals surface area contributed by atoms with Crippen LogP contribution < -0.4 is 29.6 Å². The fourth-order valence-electron chi connectivity index (χ4n) is 2.92. The first kappa shape index (κ1) is 28.5. The normalized spacial score (nSPS) is 14.4. The molecule has 0 atom stereocenters. The molecule has 0 aromatic heterocycles. The van der Waals surface area contributed by atoms with Crippen LogP contribution in [0.4, 0.5) is 0 Å². The molecular weight excluding hydrogens is 367 g/mol. The fourth-order valence-corrected chi connectivity index (χ4v) is 3.25. The monoisotopic (exact) mass is 402 g/mol. The van der Waals surface area contributed by atoms with Gasteiger partial charge in [-0.2, -0.15) is 0 Å². The van der Waals surface area contributed by atoms with Crippen LogP contribution >= 0.6 is 0 Å². The van der Waals surface area contributed by atoms with Gasteiger partial charge in [0.05, 0.1) is 12.5 Å². The Morgan fingerprint density at radius 3 is 1.73 bits per heavy atom. The Hall–Kier alpha value is 0.340. The molecule has 1 rings (SSSR count). The first-order valence-corrected chi connectivity index (χ1v) is 11.0. The number of hydrogen-bond acceptors (Lipinski definition) is 5. The van der Waals surface area contributed by atoms with E-state index in [1.165, 1.54) is 44.9 Å². The minimum Gasteiger partial charge on any atom is -0.726 e. The van der Waals surface area contributed by atoms with E-state index in [1.54, 1.807) is 0 Å². The van der Waals surface area contributed by atoms with Gasteiger partial charge in [0.15, 0.2) is 0 Å². The molecule has 0 saturated heterocycles. The summed E-state index contributed by atoms with van der Waals surface area (Å²) in [5, 5.41) is 8.41. The SMILES string of the molecule is CCCCCCCCCCCCOS(=O)(=O)[O-].O=C(O)C1CCCC1.[Na+]. The molecule has 1 aliphatic rings. The Labute approximate surface area is 181 Å². The van der Waals surface area contributed by atoms with Crippen molar-refractivity contribution in [2.24, 2.45) is 5.92 Å². The van der Waals surface area contributed by atoms with Crippen LogP contribution in [0.15, 0.2) is 0 Å². The summed E-state index contributed by atoms with van der Waals surface area (Å²) in [5.74, 6) is -0.627. The second kappa shape index (κ2) is 18.7. The molecule has 1 saturated carbocycles. The van der Waals surface area contributed by atoms with Gasteiger partial charge in [0.2, 0.25) is 10.4 Å². The molecule has 1 aliphatic carbocycles. The molecule has 0 amide bonds. The Morgan fingerprint density at radius 2 is 1.38 bits per heavy atom. The van der Waals surface area contributed by atoms with E-state index in [0.29, 0.717) is 6.42 Å². The number of aliphatic carboxylic acids is 1. The van der Waals surface area contributed by atoms with Crippen molar-refractivity contribution in [3.63, 3.8) is 0 Å². The average Bonchev–Trinajstić information content (AvgIpc) is 3.07. The van der Waals surface area contributed by atoms with Gasteiger partial charge in [-0.05, 0) is 19.3 Å². The van der Waals surface area contributed by atoms with E-state index >= 15 is 0 Å². The molecule has 0 aromatic carbocycles. The van der Waals surface area contributed by atoms with Gasteiger partial charge < -0.3 is 9.66 Å². The fraction of sp³-hybridized carbons (Fsp3) is 0.944. The topological polar surface area (TPSA) is 104 Å². The van der Waals surface area contributed by atoms with Crippen LogP contribution in [-0.4, -0.2) is 30.7 Å². The maximum absolute atomic E-state index is 10.2. The van der Waals surface area contributed by atoms with E-state index in [9.17, 15) is 17.8 Å². The van der Waals surface area contributed by atoms with Gasteiger partial charge in [0.1, 0.15) is 0 Å². The molecule has 6 nitrogen and oxygen atoms in total. The summed E-state index contributed by atoms with van der Waals surface area (Å²) in [6.07, 6.45) is 15.7. The van der Waals surface area contributed by atoms with Gasteiger partial charge >= 0.3 is 35.5 Å². The Morgan fingerprint density at radius 1 is 0.962 bits per heavy atom. The molecule has 1 N–H and O–H groups in total. The van der Waals surface area contributed by atoms with Gasteiger partial charge in [-0.25, -0.2) is 8.42 Å². The van der Waals surface area contributed by atoms with Crippen molar-refractivity contribution in [1.29, 1.82) is 0 Å². The van der Waals surface area contributed by atoms with Crippen molar-refractivity contribution < 1.29 is 56.6 Å². The predicted octanol–water partition coefficient (Wildman–Crippen LogP) is 1.65. The number of carbonyl (C=O) groups is 1. The molecule has 0 unspecified atom stereocenters. The largest absolute Gasteiger partial charge is 1.00 e. The first-order chi connectivity index (χ1) is 11.9. The zero-order valence-corrected chi connectivity index (χ0v) is 19.4. The number of hydrogen-bond donors (Lipinski definition) is 1. The summed E-state index contributed by atoms with van der Waals surface area (Å²) in [4.78, 5) is 10.2. The second-order valence-electron chi connectivity index (χ2n) is 6.73. The van der Waals surface area contributed by atoms with Gasteiger partial charge in [0, 0.05) is 0 Å². The van der Waals surface area contributed by atoms with Crippen LogP contribution in [0.5, 0.6) is 0 Å². The summed E-state index contributed by atoms with van der Waals surface area (Å²) in [7, 11) is -4.48. The van der Waals surface area contributed by atoms with E-state index in [2.05, 4.69) is 11.1 Å². The van der Waals surface area contributed by atoms with E-state index in [0.717, 1.165) is 38.5 Å². The van der Waals surface area contributed by atoms with Crippen molar-refractivity contribution in [2.75, 3.05) is 6.61 Å². The number of unbranched alkanes of at least 4 members (excludes halogenated alkanes) is 9. The molecule has 1 fully saturated rings. The Bertz CT molecular complexity index is 421. The molecule has 26 heavy (non-hydrogen) atoms. The van der Waals surface area contributed by atoms with Crippen molar-refractivity contribution in [1.82, 2.24) is 0 Å². The third-order valence-electron chi connectivity index (χ3n) is 4.43. The maximum Gasteiger partial charge on any atom is 1.00 e. The van der Waals surface area contributed by atoms with Crippen molar-refractivity contribution >= 4 is 16.4 Å². The van der Waals surface area contributed by atoms with E-state index < -0.39 is 16.4 Å². The zero-order valence-electron chi connectivity index (χ0n) is 16.6. The molecule has 0 spiro atoms. The zero-order chi connectivity index (χ0) is 19.0. The molecular formula is C18H35NaO6S. The van der Waals surface area contributed by atoms with Crippen molar-refractivity contribution in [3.05, 3.63) is 0 Å². The van der Waals surface area contributed by atoms with Gasteiger partial charge in [-0.3, -0.25) is 8.98 Å². The third-order valence-corrected chi connectivity index (χ3v) is 4.89. The summed E-state index contributed by atoms with van der Waals surface area (Å²) in [5.41, 5.74) is 0. The maximum atomic E-state index is 10.2. The van der Waals surface area contributed by atoms with Gasteiger partial charge in [0.25, 0.3) is 0 Å². The minimum atomic E-state index is -4.48. The van der Waals surface area contributed by atoms with E-state index in [1.807, 2.05) is 0 Å².